The molecule has 2 aromatic carbocycles. The molecule has 11 rings (SSSR count). The summed E-state index contributed by atoms with van der Waals surface area (Å²) in [5, 5.41) is 29.0. The van der Waals surface area contributed by atoms with Crippen LogP contribution < -0.4 is 15.4 Å². The highest BCUT2D eigenvalue weighted by atomic mass is 16.5. The van der Waals surface area contributed by atoms with E-state index in [4.69, 9.17) is 18.7 Å². The van der Waals surface area contributed by atoms with Gasteiger partial charge >= 0.3 is 12.0 Å². The number of ether oxygens (including phenoxy) is 1. The van der Waals surface area contributed by atoms with E-state index < -0.39 is 12.1 Å². The van der Waals surface area contributed by atoms with E-state index in [1.54, 1.807) is 4.68 Å². The summed E-state index contributed by atoms with van der Waals surface area (Å²) in [6, 6.07) is 11.6. The van der Waals surface area contributed by atoms with Crippen molar-refractivity contribution >= 4 is 40.3 Å². The molecule has 3 aromatic heterocycles. The Labute approximate surface area is 322 Å². The Balaban J connectivity index is 0.797. The largest absolute Gasteiger partial charge is 0.460 e. The first-order chi connectivity index (χ1) is 27.2. The van der Waals surface area contributed by atoms with Crippen molar-refractivity contribution < 1.29 is 23.2 Å². The zero-order valence-corrected chi connectivity index (χ0v) is 31.8. The normalized spacial score (nSPS) is 22.2. The summed E-state index contributed by atoms with van der Waals surface area (Å²) in [6.07, 6.45) is 9.55. The van der Waals surface area contributed by atoms with Gasteiger partial charge in [0.2, 0.25) is 17.7 Å². The second-order valence-electron chi connectivity index (χ2n) is 16.9. The number of piperidine rings is 2. The molecule has 2 saturated heterocycles. The Morgan fingerprint density at radius 3 is 1.96 bits per heavy atom. The Morgan fingerprint density at radius 1 is 0.768 bits per heavy atom. The zero-order valence-electron chi connectivity index (χ0n) is 31.8. The van der Waals surface area contributed by atoms with Crippen molar-refractivity contribution in [2.75, 3.05) is 36.8 Å². The van der Waals surface area contributed by atoms with Crippen LogP contribution in [0.2, 0.25) is 0 Å². The van der Waals surface area contributed by atoms with Crippen LogP contribution in [0.5, 0.6) is 5.75 Å². The molecule has 56 heavy (non-hydrogen) atoms. The summed E-state index contributed by atoms with van der Waals surface area (Å²) in [4.78, 5) is 30.3. The lowest BCUT2D eigenvalue weighted by Crippen LogP contribution is -2.45. The fourth-order valence-corrected chi connectivity index (χ4v) is 9.31. The van der Waals surface area contributed by atoms with Crippen LogP contribution in [0.3, 0.4) is 0 Å². The van der Waals surface area contributed by atoms with Crippen LogP contribution in [-0.2, 0) is 16.6 Å². The summed E-state index contributed by atoms with van der Waals surface area (Å²) in [6.45, 7) is 6.90. The van der Waals surface area contributed by atoms with Gasteiger partial charge in [0.05, 0.1) is 17.0 Å². The average Bonchev–Trinajstić information content (AvgIpc) is 4.09. The number of carbonyl (C=O) groups is 2. The number of benzene rings is 2. The number of nitrogens with zero attached hydrogens (tertiary/aromatic N) is 8. The van der Waals surface area contributed by atoms with Crippen molar-refractivity contribution in [2.24, 2.45) is 17.9 Å². The Bertz CT molecular complexity index is 2450. The minimum absolute atomic E-state index is 0.0447. The molecule has 2 amide bonds. The standard InChI is InChI=1S/C41H44N10O5/c1-22(36(52)50-17-13-40(9-10-40)14-18-50)42-38-46-44-34(55-38)31-30-29-25(5-4-6-28(29)54-33(30)31)24-7-8-27-26(21-24)32(49(3)48-27)35-45-47-39(56-35)43-23(2)37(53)51-19-15-41(11-12-41)16-20-51/h4-8,21-23,30H,9-20H2,1-3H3,(H,42,46)(H,43,47)/t22?,23-,30?/m1/s1. The number of hydrogen-bond donors (Lipinski definition) is 2. The number of fused-ring (bicyclic) bond motifs is 4. The third-order valence-corrected chi connectivity index (χ3v) is 13.3. The minimum atomic E-state index is -0.498. The first-order valence-corrected chi connectivity index (χ1v) is 20.0. The number of amides is 2. The Morgan fingerprint density at radius 2 is 1.36 bits per heavy atom. The zero-order chi connectivity index (χ0) is 37.9. The molecule has 3 aliphatic carbocycles. The fourth-order valence-electron chi connectivity index (χ4n) is 9.31. The number of aromatic nitrogens is 6. The van der Waals surface area contributed by atoms with Gasteiger partial charge in [0.25, 0.3) is 5.89 Å². The lowest BCUT2D eigenvalue weighted by atomic mass is 9.93. The Kier molecular flexibility index (Phi) is 7.28. The quantitative estimate of drug-likeness (QED) is 0.181. The van der Waals surface area contributed by atoms with E-state index in [2.05, 4.69) is 49.2 Å². The van der Waals surface area contributed by atoms with Crippen LogP contribution in [0.25, 0.3) is 39.2 Å². The third-order valence-electron chi connectivity index (χ3n) is 13.3. The summed E-state index contributed by atoms with van der Waals surface area (Å²) in [7, 11) is 1.85. The van der Waals surface area contributed by atoms with E-state index in [0.29, 0.717) is 28.3 Å². The molecule has 3 atom stereocenters. The predicted molar refractivity (Wildman–Crippen MR) is 205 cm³/mol. The highest BCUT2D eigenvalue weighted by Crippen LogP contribution is 2.63. The third kappa shape index (κ3) is 5.56. The van der Waals surface area contributed by atoms with Crippen LogP contribution in [-0.4, -0.2) is 90.1 Å². The predicted octanol–water partition coefficient (Wildman–Crippen LogP) is 5.98. The Hall–Kier alpha value is -5.73. The van der Waals surface area contributed by atoms with Crippen molar-refractivity contribution in [1.29, 1.82) is 0 Å². The van der Waals surface area contributed by atoms with Crippen molar-refractivity contribution in [3.63, 3.8) is 0 Å². The van der Waals surface area contributed by atoms with Gasteiger partial charge in [0, 0.05) is 44.2 Å². The SMILES string of the molecule is CC(Nc1nnc(C2=C3Oc4cccc(-c5ccc6nn(C)c(-c7nnc(N[C@H](C)C(=O)N8CCC9(CC8)CC9)o7)c6c5)c4C32)o1)C(=O)N1CCC2(CC1)CC2. The highest BCUT2D eigenvalue weighted by Gasteiger charge is 2.52. The molecule has 15 heteroatoms. The van der Waals surface area contributed by atoms with Crippen LogP contribution in [0, 0.1) is 10.8 Å². The molecule has 4 fully saturated rings. The molecule has 288 valence electrons. The van der Waals surface area contributed by atoms with E-state index in [1.165, 1.54) is 25.7 Å². The molecular formula is C41H44N10O5. The number of aryl methyl sites for hydroxylation is 1. The van der Waals surface area contributed by atoms with Gasteiger partial charge in [-0.2, -0.15) is 5.10 Å². The number of allylic oxidation sites excluding steroid dienone is 2. The van der Waals surface area contributed by atoms with Gasteiger partial charge in [-0.3, -0.25) is 14.3 Å². The number of nitrogens with one attached hydrogen (secondary N) is 2. The molecule has 0 bridgehead atoms. The van der Waals surface area contributed by atoms with E-state index in [9.17, 15) is 9.59 Å². The summed E-state index contributed by atoms with van der Waals surface area (Å²) >= 11 is 0. The molecule has 2 N–H and O–H groups in total. The highest BCUT2D eigenvalue weighted by molar-refractivity contribution is 5.98. The summed E-state index contributed by atoms with van der Waals surface area (Å²) in [5.41, 5.74) is 6.32. The van der Waals surface area contributed by atoms with Gasteiger partial charge in [-0.1, -0.05) is 28.4 Å². The second-order valence-corrected chi connectivity index (χ2v) is 16.9. The molecule has 6 heterocycles. The molecule has 2 unspecified atom stereocenters. The van der Waals surface area contributed by atoms with Crippen LogP contribution in [0.4, 0.5) is 12.0 Å². The van der Waals surface area contributed by atoms with Crippen molar-refractivity contribution in [2.45, 2.75) is 83.2 Å². The summed E-state index contributed by atoms with van der Waals surface area (Å²) in [5.74, 6) is 2.25. The number of rotatable bonds is 9. The molecule has 6 aliphatic rings. The monoisotopic (exact) mass is 756 g/mol. The van der Waals surface area contributed by atoms with Crippen LogP contribution >= 0.6 is 0 Å². The van der Waals surface area contributed by atoms with Gasteiger partial charge < -0.3 is 34.0 Å². The van der Waals surface area contributed by atoms with Crippen LogP contribution in [0.15, 0.2) is 51.0 Å². The van der Waals surface area contributed by atoms with E-state index in [-0.39, 0.29) is 29.8 Å². The van der Waals surface area contributed by atoms with E-state index >= 15 is 0 Å². The molecular weight excluding hydrogens is 713 g/mol. The first kappa shape index (κ1) is 33.6. The molecule has 5 aromatic rings. The molecule has 15 nitrogen and oxygen atoms in total. The van der Waals surface area contributed by atoms with E-state index in [0.717, 1.165) is 96.5 Å². The average molecular weight is 757 g/mol. The minimum Gasteiger partial charge on any atom is -0.460 e. The summed E-state index contributed by atoms with van der Waals surface area (Å²) < 4.78 is 20.2. The lowest BCUT2D eigenvalue weighted by Gasteiger charge is -2.33. The van der Waals surface area contributed by atoms with E-state index in [1.807, 2.05) is 48.9 Å². The smallest absolute Gasteiger partial charge is 0.316 e. The van der Waals surface area contributed by atoms with Gasteiger partial charge in [-0.15, -0.1) is 10.2 Å². The number of anilines is 2. The van der Waals surface area contributed by atoms with Crippen molar-refractivity contribution in [3.05, 3.63) is 53.6 Å². The van der Waals surface area contributed by atoms with Gasteiger partial charge in [0.1, 0.15) is 29.3 Å². The maximum Gasteiger partial charge on any atom is 0.316 e. The lowest BCUT2D eigenvalue weighted by molar-refractivity contribution is -0.134. The topological polar surface area (TPSA) is 170 Å². The van der Waals surface area contributed by atoms with Crippen molar-refractivity contribution in [3.8, 4) is 28.5 Å². The number of likely N-dealkylation sites (tertiary alicyclic amines) is 2. The first-order valence-electron chi connectivity index (χ1n) is 20.0. The molecule has 2 spiro atoms. The molecule has 0 radical (unpaired) electrons. The maximum atomic E-state index is 13.2. The maximum absolute atomic E-state index is 13.2. The van der Waals surface area contributed by atoms with Gasteiger partial charge in [0.15, 0.2) is 0 Å². The number of hydrogen-bond acceptors (Lipinski definition) is 12. The van der Waals surface area contributed by atoms with Gasteiger partial charge in [-0.25, -0.2) is 0 Å². The van der Waals surface area contributed by atoms with Crippen molar-refractivity contribution in [1.82, 2.24) is 40.0 Å². The second kappa shape index (κ2) is 12.1. The number of carbonyl (C=O) groups excluding carboxylic acids is 2. The fraction of sp³-hybridized carbons (Fsp3) is 0.488. The van der Waals surface area contributed by atoms with Crippen LogP contribution in [0.1, 0.15) is 82.6 Å². The molecule has 2 saturated carbocycles. The van der Waals surface area contributed by atoms with Gasteiger partial charge in [-0.05, 0) is 105 Å². The molecule has 3 aliphatic heterocycles.